The van der Waals surface area contributed by atoms with E-state index in [2.05, 4.69) is 0 Å². The van der Waals surface area contributed by atoms with Gasteiger partial charge in [-0.25, -0.2) is 0 Å². The van der Waals surface area contributed by atoms with Crippen LogP contribution >= 0.6 is 0 Å². The number of aliphatic hydroxyl groups is 1. The average molecular weight is 265 g/mol. The molecule has 0 spiro atoms. The van der Waals surface area contributed by atoms with E-state index in [1.54, 1.807) is 11.8 Å². The third-order valence-electron chi connectivity index (χ3n) is 3.46. The number of nitrogens with zero attached hydrogens (tertiary/aromatic N) is 1. The second-order valence-corrected chi connectivity index (χ2v) is 5.20. The maximum atomic E-state index is 10.9. The van der Waals surface area contributed by atoms with Gasteiger partial charge in [-0.1, -0.05) is 37.3 Å². The van der Waals surface area contributed by atoms with Crippen molar-refractivity contribution in [1.29, 1.82) is 0 Å². The summed E-state index contributed by atoms with van der Waals surface area (Å²) in [6, 6.07) is 9.46. The molecule has 2 N–H and O–H groups in total. The van der Waals surface area contributed by atoms with Crippen LogP contribution in [0, 0.1) is 0 Å². The molecule has 0 radical (unpaired) electrons. The summed E-state index contributed by atoms with van der Waals surface area (Å²) in [5, 5.41) is 19.6. The highest BCUT2D eigenvalue weighted by Crippen LogP contribution is 2.22. The minimum Gasteiger partial charge on any atom is -0.480 e. The normalized spacial score (nSPS) is 16.1. The first-order chi connectivity index (χ1) is 8.86. The predicted octanol–water partition coefficient (Wildman–Crippen LogP) is 2.08. The molecule has 0 saturated carbocycles. The summed E-state index contributed by atoms with van der Waals surface area (Å²) >= 11 is 0. The second kappa shape index (κ2) is 6.68. The lowest BCUT2D eigenvalue weighted by Crippen LogP contribution is -2.45. The third kappa shape index (κ3) is 4.65. The molecular formula is C15H23NO3. The van der Waals surface area contributed by atoms with Crippen LogP contribution in [0.2, 0.25) is 0 Å². The van der Waals surface area contributed by atoms with Gasteiger partial charge in [0.05, 0.1) is 12.1 Å². The van der Waals surface area contributed by atoms with Crippen molar-refractivity contribution >= 4 is 5.97 Å². The molecule has 1 aromatic rings. The van der Waals surface area contributed by atoms with E-state index in [0.29, 0.717) is 6.54 Å². The molecule has 0 aliphatic carbocycles. The summed E-state index contributed by atoms with van der Waals surface area (Å²) in [6.45, 7) is 5.95. The van der Waals surface area contributed by atoms with Crippen LogP contribution in [-0.2, 0) is 10.4 Å². The first kappa shape index (κ1) is 15.7. The fourth-order valence-corrected chi connectivity index (χ4v) is 2.08. The van der Waals surface area contributed by atoms with E-state index in [0.717, 1.165) is 12.0 Å². The number of carboxylic acid groups (broad SMARTS) is 1. The quantitative estimate of drug-likeness (QED) is 0.792. The van der Waals surface area contributed by atoms with Gasteiger partial charge in [-0.05, 0) is 25.8 Å². The molecule has 0 aromatic heterocycles. The van der Waals surface area contributed by atoms with E-state index in [-0.39, 0.29) is 12.6 Å². The van der Waals surface area contributed by atoms with E-state index in [1.807, 2.05) is 44.2 Å². The summed E-state index contributed by atoms with van der Waals surface area (Å²) in [5.41, 5.74) is -0.256. The first-order valence-electron chi connectivity index (χ1n) is 6.60. The second-order valence-electron chi connectivity index (χ2n) is 5.20. The van der Waals surface area contributed by atoms with Gasteiger partial charge in [-0.2, -0.15) is 0 Å². The molecule has 0 aliphatic heterocycles. The average Bonchev–Trinajstić information content (AvgIpc) is 2.37. The van der Waals surface area contributed by atoms with Crippen molar-refractivity contribution in [3.05, 3.63) is 35.9 Å². The molecule has 4 heteroatoms. The van der Waals surface area contributed by atoms with Crippen LogP contribution in [0.3, 0.4) is 0 Å². The van der Waals surface area contributed by atoms with Gasteiger partial charge in [0.15, 0.2) is 0 Å². The molecule has 0 amide bonds. The Morgan fingerprint density at radius 2 is 1.95 bits per heavy atom. The summed E-state index contributed by atoms with van der Waals surface area (Å²) < 4.78 is 0. The zero-order valence-electron chi connectivity index (χ0n) is 11.8. The largest absolute Gasteiger partial charge is 0.480 e. The van der Waals surface area contributed by atoms with Crippen molar-refractivity contribution in [2.24, 2.45) is 0 Å². The van der Waals surface area contributed by atoms with E-state index in [1.165, 1.54) is 0 Å². The maximum absolute atomic E-state index is 10.9. The molecule has 19 heavy (non-hydrogen) atoms. The highest BCUT2D eigenvalue weighted by atomic mass is 16.4. The lowest BCUT2D eigenvalue weighted by molar-refractivity contribution is -0.139. The molecule has 0 fully saturated rings. The van der Waals surface area contributed by atoms with Crippen molar-refractivity contribution in [3.8, 4) is 0 Å². The van der Waals surface area contributed by atoms with Gasteiger partial charge in [0.1, 0.15) is 0 Å². The van der Waals surface area contributed by atoms with E-state index < -0.39 is 11.6 Å². The number of carboxylic acids is 1. The van der Waals surface area contributed by atoms with Crippen molar-refractivity contribution in [2.75, 3.05) is 13.1 Å². The van der Waals surface area contributed by atoms with Crippen LogP contribution in [0.25, 0.3) is 0 Å². The minimum atomic E-state index is -1.06. The molecule has 2 unspecified atom stereocenters. The summed E-state index contributed by atoms with van der Waals surface area (Å²) in [5.74, 6) is -0.871. The summed E-state index contributed by atoms with van der Waals surface area (Å²) in [7, 11) is 0. The fraction of sp³-hybridized carbons (Fsp3) is 0.533. The van der Waals surface area contributed by atoms with Crippen LogP contribution in [0.5, 0.6) is 0 Å². The Balaban J connectivity index is 2.85. The number of hydrogen-bond donors (Lipinski definition) is 2. The Bertz CT molecular complexity index is 403. The lowest BCUT2D eigenvalue weighted by atomic mass is 9.94. The van der Waals surface area contributed by atoms with Crippen molar-refractivity contribution in [1.82, 2.24) is 4.90 Å². The highest BCUT2D eigenvalue weighted by molar-refractivity contribution is 5.69. The number of aliphatic carboxylic acids is 1. The van der Waals surface area contributed by atoms with Gasteiger partial charge in [-0.3, -0.25) is 9.69 Å². The van der Waals surface area contributed by atoms with Crippen molar-refractivity contribution in [3.63, 3.8) is 0 Å². The Morgan fingerprint density at radius 3 is 2.42 bits per heavy atom. The SMILES string of the molecule is CCC(C)N(CC(=O)O)CC(C)(O)c1ccccc1. The minimum absolute atomic E-state index is 0.0575. The number of benzene rings is 1. The van der Waals surface area contributed by atoms with Crippen LogP contribution in [0.1, 0.15) is 32.8 Å². The molecule has 0 saturated heterocycles. The van der Waals surface area contributed by atoms with Crippen LogP contribution in [-0.4, -0.2) is 40.2 Å². The number of rotatable bonds is 7. The van der Waals surface area contributed by atoms with Crippen molar-refractivity contribution in [2.45, 2.75) is 38.8 Å². The molecule has 0 bridgehead atoms. The topological polar surface area (TPSA) is 60.8 Å². The molecule has 4 nitrogen and oxygen atoms in total. The van der Waals surface area contributed by atoms with Gasteiger partial charge in [-0.15, -0.1) is 0 Å². The highest BCUT2D eigenvalue weighted by Gasteiger charge is 2.28. The zero-order chi connectivity index (χ0) is 14.5. The third-order valence-corrected chi connectivity index (χ3v) is 3.46. The van der Waals surface area contributed by atoms with Gasteiger partial charge < -0.3 is 10.2 Å². The maximum Gasteiger partial charge on any atom is 0.317 e. The Morgan fingerprint density at radius 1 is 1.37 bits per heavy atom. The molecule has 2 atom stereocenters. The molecule has 0 aliphatic rings. The molecule has 0 heterocycles. The fourth-order valence-electron chi connectivity index (χ4n) is 2.08. The van der Waals surface area contributed by atoms with Gasteiger partial charge >= 0.3 is 5.97 Å². The monoisotopic (exact) mass is 265 g/mol. The smallest absolute Gasteiger partial charge is 0.317 e. The van der Waals surface area contributed by atoms with E-state index >= 15 is 0 Å². The lowest BCUT2D eigenvalue weighted by Gasteiger charge is -2.34. The molecule has 1 rings (SSSR count). The van der Waals surface area contributed by atoms with Gasteiger partial charge in [0.2, 0.25) is 0 Å². The number of carbonyl (C=O) groups is 1. The van der Waals surface area contributed by atoms with Crippen LogP contribution in [0.15, 0.2) is 30.3 Å². The van der Waals surface area contributed by atoms with Crippen molar-refractivity contribution < 1.29 is 15.0 Å². The zero-order valence-corrected chi connectivity index (χ0v) is 11.8. The number of hydrogen-bond acceptors (Lipinski definition) is 3. The summed E-state index contributed by atoms with van der Waals surface area (Å²) in [6.07, 6.45) is 0.845. The van der Waals surface area contributed by atoms with Crippen LogP contribution < -0.4 is 0 Å². The van der Waals surface area contributed by atoms with Gasteiger partial charge in [0.25, 0.3) is 0 Å². The molecule has 1 aromatic carbocycles. The Kier molecular flexibility index (Phi) is 5.51. The Labute approximate surface area is 114 Å². The summed E-state index contributed by atoms with van der Waals surface area (Å²) in [4.78, 5) is 12.7. The van der Waals surface area contributed by atoms with E-state index in [9.17, 15) is 9.90 Å². The molecular weight excluding hydrogens is 242 g/mol. The Hall–Kier alpha value is -1.39. The first-order valence-corrected chi connectivity index (χ1v) is 6.60. The van der Waals surface area contributed by atoms with E-state index in [4.69, 9.17) is 5.11 Å². The standard InChI is InChI=1S/C15H23NO3/c1-4-12(2)16(10-14(17)18)11-15(3,19)13-8-6-5-7-9-13/h5-9,12,19H,4,10-11H2,1-3H3,(H,17,18). The van der Waals surface area contributed by atoms with Crippen LogP contribution in [0.4, 0.5) is 0 Å². The molecule has 106 valence electrons. The predicted molar refractivity (Wildman–Crippen MR) is 75.0 cm³/mol. The van der Waals surface area contributed by atoms with Gasteiger partial charge in [0, 0.05) is 12.6 Å².